The van der Waals surface area contributed by atoms with Crippen LogP contribution in [0.2, 0.25) is 0 Å². The maximum atomic E-state index is 12.5. The molecule has 1 saturated heterocycles. The summed E-state index contributed by atoms with van der Waals surface area (Å²) in [4.78, 5) is 16.6. The fourth-order valence-corrected chi connectivity index (χ4v) is 2.72. The Balaban J connectivity index is 1.70. The number of carbonyl (C=O) groups excluding carboxylic acids is 1. The first-order valence-electron chi connectivity index (χ1n) is 7.07. The number of rotatable bonds is 4. The van der Waals surface area contributed by atoms with Crippen LogP contribution in [0.4, 0.5) is 0 Å². The van der Waals surface area contributed by atoms with Crippen LogP contribution in [0.1, 0.15) is 18.5 Å². The van der Waals surface area contributed by atoms with Gasteiger partial charge in [0.2, 0.25) is 0 Å². The number of methoxy groups -OCH3 is 1. The third kappa shape index (κ3) is 2.62. The molecule has 0 spiro atoms. The summed E-state index contributed by atoms with van der Waals surface area (Å²) in [7, 11) is 1.60. The van der Waals surface area contributed by atoms with E-state index in [0.717, 1.165) is 24.2 Å². The Morgan fingerprint density at radius 1 is 1.48 bits per heavy atom. The third-order valence-corrected chi connectivity index (χ3v) is 4.05. The number of nitrogens with one attached hydrogen (secondary N) is 3. The first-order valence-corrected chi connectivity index (χ1v) is 7.07. The second-order valence-electron chi connectivity index (χ2n) is 5.21. The molecule has 0 aliphatic carbocycles. The van der Waals surface area contributed by atoms with Gasteiger partial charge in [-0.1, -0.05) is 0 Å². The lowest BCUT2D eigenvalue weighted by molar-refractivity contribution is -0.146. The quantitative estimate of drug-likeness (QED) is 0.755. The number of H-pyrrole nitrogens is 1. The Hall–Kier alpha value is -1.99. The van der Waals surface area contributed by atoms with Crippen LogP contribution >= 0.6 is 0 Å². The monoisotopic (exact) mass is 289 g/mol. The molecule has 7 nitrogen and oxygen atoms in total. The summed E-state index contributed by atoms with van der Waals surface area (Å²) < 4.78 is 5.51. The number of hydrogen-bond donors (Lipinski definition) is 3. The first kappa shape index (κ1) is 14.0. The Kier molecular flexibility index (Phi) is 3.85. The van der Waals surface area contributed by atoms with Crippen molar-refractivity contribution in [1.29, 1.82) is 0 Å². The molecule has 0 unspecified atom stereocenters. The Labute approximate surface area is 122 Å². The summed E-state index contributed by atoms with van der Waals surface area (Å²) in [6.07, 6.45) is 3.06. The van der Waals surface area contributed by atoms with Gasteiger partial charge in [0.05, 0.1) is 12.2 Å². The number of piperidine rings is 1. The van der Waals surface area contributed by atoms with Crippen molar-refractivity contribution in [2.24, 2.45) is 0 Å². The van der Waals surface area contributed by atoms with Crippen LogP contribution in [-0.4, -0.2) is 46.9 Å². The fraction of sp³-hybridized carbons (Fsp3) is 0.500. The van der Waals surface area contributed by atoms with Crippen molar-refractivity contribution in [3.05, 3.63) is 24.0 Å². The molecular formula is C14H19N5O2. The zero-order valence-electron chi connectivity index (χ0n) is 12.0. The highest BCUT2D eigenvalue weighted by molar-refractivity contribution is 5.86. The van der Waals surface area contributed by atoms with Gasteiger partial charge >= 0.3 is 0 Å². The second kappa shape index (κ2) is 5.79. The van der Waals surface area contributed by atoms with Crippen LogP contribution < -0.4 is 10.6 Å². The number of pyridine rings is 1. The highest BCUT2D eigenvalue weighted by Crippen LogP contribution is 2.23. The molecule has 3 heterocycles. The minimum Gasteiger partial charge on any atom is -0.368 e. The largest absolute Gasteiger partial charge is 0.368 e. The van der Waals surface area contributed by atoms with Gasteiger partial charge in [-0.15, -0.1) is 0 Å². The van der Waals surface area contributed by atoms with E-state index >= 15 is 0 Å². The summed E-state index contributed by atoms with van der Waals surface area (Å²) in [5.74, 6) is -0.0712. The number of amides is 1. The van der Waals surface area contributed by atoms with E-state index in [1.54, 1.807) is 13.3 Å². The van der Waals surface area contributed by atoms with E-state index < -0.39 is 5.60 Å². The number of carbonyl (C=O) groups is 1. The predicted octanol–water partition coefficient (Wildman–Crippen LogP) is 0.343. The van der Waals surface area contributed by atoms with E-state index in [4.69, 9.17) is 4.74 Å². The number of nitrogens with zero attached hydrogens (tertiary/aromatic N) is 2. The van der Waals surface area contributed by atoms with E-state index in [2.05, 4.69) is 25.8 Å². The van der Waals surface area contributed by atoms with Crippen LogP contribution in [0.15, 0.2) is 18.3 Å². The number of aromatic amines is 1. The van der Waals surface area contributed by atoms with Crippen LogP contribution in [0.3, 0.4) is 0 Å². The highest BCUT2D eigenvalue weighted by Gasteiger charge is 2.39. The summed E-state index contributed by atoms with van der Waals surface area (Å²) in [6, 6.07) is 3.79. The molecule has 0 saturated carbocycles. The van der Waals surface area contributed by atoms with Crippen molar-refractivity contribution in [2.45, 2.75) is 25.0 Å². The maximum Gasteiger partial charge on any atom is 0.252 e. The smallest absolute Gasteiger partial charge is 0.252 e. The molecule has 0 bridgehead atoms. The Morgan fingerprint density at radius 3 is 3.05 bits per heavy atom. The molecule has 3 rings (SSSR count). The van der Waals surface area contributed by atoms with E-state index in [9.17, 15) is 4.79 Å². The molecule has 2 aromatic rings. The van der Waals surface area contributed by atoms with E-state index in [-0.39, 0.29) is 5.91 Å². The van der Waals surface area contributed by atoms with Gasteiger partial charge in [0, 0.05) is 18.7 Å². The van der Waals surface area contributed by atoms with Crippen molar-refractivity contribution < 1.29 is 9.53 Å². The Morgan fingerprint density at radius 2 is 2.29 bits per heavy atom. The van der Waals surface area contributed by atoms with Gasteiger partial charge in [0.15, 0.2) is 5.65 Å². The molecule has 0 aromatic carbocycles. The molecule has 3 N–H and O–H groups in total. The average Bonchev–Trinajstić information content (AvgIpc) is 2.96. The van der Waals surface area contributed by atoms with Crippen LogP contribution in [0.5, 0.6) is 0 Å². The molecule has 7 heteroatoms. The van der Waals surface area contributed by atoms with Gasteiger partial charge in [-0.25, -0.2) is 4.98 Å². The normalized spacial score (nSPS) is 17.8. The van der Waals surface area contributed by atoms with Gasteiger partial charge in [-0.05, 0) is 38.1 Å². The zero-order valence-corrected chi connectivity index (χ0v) is 12.0. The van der Waals surface area contributed by atoms with Gasteiger partial charge in [-0.2, -0.15) is 5.10 Å². The van der Waals surface area contributed by atoms with Crippen molar-refractivity contribution in [3.63, 3.8) is 0 Å². The van der Waals surface area contributed by atoms with Crippen molar-refractivity contribution >= 4 is 16.9 Å². The molecular weight excluding hydrogens is 270 g/mol. The van der Waals surface area contributed by atoms with Crippen molar-refractivity contribution in [2.75, 3.05) is 20.2 Å². The zero-order chi connectivity index (χ0) is 14.7. The summed E-state index contributed by atoms with van der Waals surface area (Å²) in [5, 5.41) is 14.2. The number of fused-ring (bicyclic) bond motifs is 1. The van der Waals surface area contributed by atoms with Crippen LogP contribution in [0.25, 0.3) is 11.0 Å². The number of hydrogen-bond acceptors (Lipinski definition) is 5. The minimum absolute atomic E-state index is 0.0712. The second-order valence-corrected chi connectivity index (χ2v) is 5.21. The fourth-order valence-electron chi connectivity index (χ4n) is 2.72. The lowest BCUT2D eigenvalue weighted by Gasteiger charge is -2.34. The van der Waals surface area contributed by atoms with Gasteiger partial charge < -0.3 is 15.4 Å². The van der Waals surface area contributed by atoms with Crippen LogP contribution in [-0.2, 0) is 16.1 Å². The topological polar surface area (TPSA) is 91.9 Å². The standard InChI is InChI=1S/C14H19N5O2/c1-21-14(4-7-15-8-5-14)13(20)17-9-11-10-3-2-6-16-12(10)19-18-11/h2-3,6,15H,4-5,7-9H2,1H3,(H,17,20)(H,16,18,19). The van der Waals surface area contributed by atoms with E-state index in [1.165, 1.54) is 0 Å². The van der Waals surface area contributed by atoms with E-state index in [0.29, 0.717) is 25.0 Å². The number of ether oxygens (including phenoxy) is 1. The minimum atomic E-state index is -0.723. The Bertz CT molecular complexity index is 633. The number of aromatic nitrogens is 3. The lowest BCUT2D eigenvalue weighted by Crippen LogP contribution is -2.53. The third-order valence-electron chi connectivity index (χ3n) is 4.05. The van der Waals surface area contributed by atoms with E-state index in [1.807, 2.05) is 12.1 Å². The highest BCUT2D eigenvalue weighted by atomic mass is 16.5. The molecule has 1 aliphatic heterocycles. The van der Waals surface area contributed by atoms with Gasteiger partial charge in [-0.3, -0.25) is 9.89 Å². The van der Waals surface area contributed by atoms with Gasteiger partial charge in [0.1, 0.15) is 5.60 Å². The summed E-state index contributed by atoms with van der Waals surface area (Å²) in [5.41, 5.74) is 0.788. The SMILES string of the molecule is COC1(C(=O)NCc2[nH]nc3ncccc23)CCNCC1. The maximum absolute atomic E-state index is 12.5. The van der Waals surface area contributed by atoms with Crippen molar-refractivity contribution in [1.82, 2.24) is 25.8 Å². The molecule has 1 aliphatic rings. The van der Waals surface area contributed by atoms with Crippen LogP contribution in [0, 0.1) is 0 Å². The summed E-state index contributed by atoms with van der Waals surface area (Å²) in [6.45, 7) is 1.97. The lowest BCUT2D eigenvalue weighted by atomic mass is 9.91. The first-order chi connectivity index (χ1) is 10.2. The molecule has 0 radical (unpaired) electrons. The summed E-state index contributed by atoms with van der Waals surface area (Å²) >= 11 is 0. The van der Waals surface area contributed by atoms with Crippen molar-refractivity contribution in [3.8, 4) is 0 Å². The molecule has 1 amide bonds. The molecule has 2 aromatic heterocycles. The molecule has 0 atom stereocenters. The van der Waals surface area contributed by atoms with Gasteiger partial charge in [0.25, 0.3) is 5.91 Å². The molecule has 112 valence electrons. The molecule has 21 heavy (non-hydrogen) atoms. The predicted molar refractivity (Wildman–Crippen MR) is 77.6 cm³/mol. The average molecular weight is 289 g/mol. The molecule has 1 fully saturated rings.